The highest BCUT2D eigenvalue weighted by Crippen LogP contribution is 2.22. The van der Waals surface area contributed by atoms with Crippen molar-refractivity contribution in [1.29, 1.82) is 0 Å². The van der Waals surface area contributed by atoms with E-state index in [1.807, 2.05) is 6.07 Å². The van der Waals surface area contributed by atoms with Crippen molar-refractivity contribution in [2.75, 3.05) is 11.1 Å². The highest BCUT2D eigenvalue weighted by Gasteiger charge is 2.12. The second kappa shape index (κ2) is 10.5. The third-order valence-electron chi connectivity index (χ3n) is 3.48. The summed E-state index contributed by atoms with van der Waals surface area (Å²) in [4.78, 5) is 22.7. The lowest BCUT2D eigenvalue weighted by Gasteiger charge is -2.11. The summed E-state index contributed by atoms with van der Waals surface area (Å²) in [5.41, 5.74) is 1.91. The lowest BCUT2D eigenvalue weighted by atomic mass is 10.1. The molecule has 27 heavy (non-hydrogen) atoms. The topological polar surface area (TPSA) is 75.6 Å². The van der Waals surface area contributed by atoms with Gasteiger partial charge in [0.25, 0.3) is 0 Å². The number of alkyl halides is 2. The highest BCUT2D eigenvalue weighted by molar-refractivity contribution is 7.98. The Morgan fingerprint density at radius 3 is 2.67 bits per heavy atom. The molecule has 0 unspecified atom stereocenters. The molecule has 2 aromatic carbocycles. The van der Waals surface area contributed by atoms with E-state index in [-0.39, 0.29) is 24.5 Å². The first-order chi connectivity index (χ1) is 12.9. The summed E-state index contributed by atoms with van der Waals surface area (Å²) in [5, 5.41) is 11.4. The number of ether oxygens (including phenoxy) is 1. The number of hydrogen-bond acceptors (Lipinski definition) is 4. The van der Waals surface area contributed by atoms with Gasteiger partial charge in [-0.2, -0.15) is 20.5 Å². The first kappa shape index (κ1) is 20.7. The molecule has 0 heterocycles. The normalized spacial score (nSPS) is 10.6. The standard InChI is InChI=1S/C19H19F2NO4S/c20-19(21)26-16-7-2-1-5-14(16)11-17(23)22-15-6-3-4-13(10-15)12-27-9-8-18(24)25/h1-7,10,19H,8-9,11-12H2,(H,22,23)(H,24,25). The van der Waals surface area contributed by atoms with Gasteiger partial charge in [0.15, 0.2) is 0 Å². The van der Waals surface area contributed by atoms with Gasteiger partial charge < -0.3 is 15.2 Å². The first-order valence-corrected chi connectivity index (χ1v) is 9.30. The fraction of sp³-hybridized carbons (Fsp3) is 0.263. The molecule has 0 atom stereocenters. The number of carboxylic acid groups (broad SMARTS) is 1. The molecule has 0 saturated heterocycles. The summed E-state index contributed by atoms with van der Waals surface area (Å²) >= 11 is 1.49. The van der Waals surface area contributed by atoms with Gasteiger partial charge in [-0.3, -0.25) is 9.59 Å². The fourth-order valence-electron chi connectivity index (χ4n) is 2.33. The van der Waals surface area contributed by atoms with Crippen LogP contribution in [0.5, 0.6) is 5.75 Å². The molecule has 0 spiro atoms. The van der Waals surface area contributed by atoms with Gasteiger partial charge in [0, 0.05) is 22.8 Å². The highest BCUT2D eigenvalue weighted by atomic mass is 32.2. The number of carboxylic acids is 1. The van der Waals surface area contributed by atoms with Gasteiger partial charge in [0.1, 0.15) is 5.75 Å². The molecule has 1 amide bonds. The Labute approximate surface area is 159 Å². The van der Waals surface area contributed by atoms with Crippen LogP contribution in [0.15, 0.2) is 48.5 Å². The molecule has 0 bridgehead atoms. The SMILES string of the molecule is O=C(O)CCSCc1cccc(NC(=O)Cc2ccccc2OC(F)F)c1. The summed E-state index contributed by atoms with van der Waals surface area (Å²) in [6.45, 7) is -2.95. The van der Waals surface area contributed by atoms with E-state index >= 15 is 0 Å². The number of halogens is 2. The van der Waals surface area contributed by atoms with Gasteiger partial charge in [-0.1, -0.05) is 30.3 Å². The second-order valence-electron chi connectivity index (χ2n) is 5.61. The van der Waals surface area contributed by atoms with Gasteiger partial charge in [-0.25, -0.2) is 0 Å². The maximum Gasteiger partial charge on any atom is 0.387 e. The van der Waals surface area contributed by atoms with Crippen LogP contribution in [0.25, 0.3) is 0 Å². The van der Waals surface area contributed by atoms with Crippen LogP contribution in [-0.4, -0.2) is 29.3 Å². The van der Waals surface area contributed by atoms with Crippen LogP contribution in [-0.2, 0) is 21.8 Å². The molecular formula is C19H19F2NO4S. The Kier molecular flexibility index (Phi) is 8.06. The largest absolute Gasteiger partial charge is 0.481 e. The van der Waals surface area contributed by atoms with Crippen molar-refractivity contribution >= 4 is 29.3 Å². The summed E-state index contributed by atoms with van der Waals surface area (Å²) in [7, 11) is 0. The third kappa shape index (κ3) is 7.65. The summed E-state index contributed by atoms with van der Waals surface area (Å²) in [6, 6.07) is 13.4. The van der Waals surface area contributed by atoms with Gasteiger partial charge >= 0.3 is 12.6 Å². The molecule has 8 heteroatoms. The maximum atomic E-state index is 12.4. The van der Waals surface area contributed by atoms with Crippen LogP contribution in [0.1, 0.15) is 17.5 Å². The third-order valence-corrected chi connectivity index (χ3v) is 4.51. The second-order valence-corrected chi connectivity index (χ2v) is 6.71. The van der Waals surface area contributed by atoms with Crippen molar-refractivity contribution in [3.63, 3.8) is 0 Å². The average Bonchev–Trinajstić information content (AvgIpc) is 2.60. The van der Waals surface area contributed by atoms with Crippen molar-refractivity contribution in [3.05, 3.63) is 59.7 Å². The van der Waals surface area contributed by atoms with Gasteiger partial charge in [-0.05, 0) is 23.8 Å². The van der Waals surface area contributed by atoms with E-state index in [4.69, 9.17) is 5.11 Å². The number of benzene rings is 2. The fourth-order valence-corrected chi connectivity index (χ4v) is 3.21. The molecule has 0 aliphatic heterocycles. The predicted octanol–water partition coefficient (Wildman–Crippen LogP) is 4.18. The molecule has 2 aromatic rings. The Morgan fingerprint density at radius 1 is 1.15 bits per heavy atom. The van der Waals surface area contributed by atoms with Crippen LogP contribution in [0.4, 0.5) is 14.5 Å². The van der Waals surface area contributed by atoms with Gasteiger partial charge in [-0.15, -0.1) is 0 Å². The number of nitrogens with one attached hydrogen (secondary N) is 1. The molecule has 0 aromatic heterocycles. The molecule has 2 rings (SSSR count). The molecule has 144 valence electrons. The zero-order valence-electron chi connectivity index (χ0n) is 14.4. The molecule has 5 nitrogen and oxygen atoms in total. The Bertz CT molecular complexity index is 786. The zero-order valence-corrected chi connectivity index (χ0v) is 15.2. The van der Waals surface area contributed by atoms with Crippen LogP contribution in [0, 0.1) is 0 Å². The lowest BCUT2D eigenvalue weighted by Crippen LogP contribution is -2.15. The molecule has 2 N–H and O–H groups in total. The van der Waals surface area contributed by atoms with E-state index in [1.165, 1.54) is 17.8 Å². The number of carbonyl (C=O) groups excluding carboxylic acids is 1. The molecule has 0 fully saturated rings. The molecule has 0 aliphatic rings. The Morgan fingerprint density at radius 2 is 1.93 bits per heavy atom. The number of aliphatic carboxylic acids is 1. The van der Waals surface area contributed by atoms with E-state index in [0.29, 0.717) is 22.8 Å². The Hall–Kier alpha value is -2.61. The Balaban J connectivity index is 1.92. The van der Waals surface area contributed by atoms with Crippen molar-refractivity contribution in [2.45, 2.75) is 25.2 Å². The number of para-hydroxylation sites is 1. The van der Waals surface area contributed by atoms with E-state index in [1.54, 1.807) is 36.4 Å². The quantitative estimate of drug-likeness (QED) is 0.591. The number of carbonyl (C=O) groups is 2. The molecule has 0 saturated carbocycles. The maximum absolute atomic E-state index is 12.4. The van der Waals surface area contributed by atoms with Crippen LogP contribution in [0.3, 0.4) is 0 Å². The monoisotopic (exact) mass is 395 g/mol. The number of amides is 1. The van der Waals surface area contributed by atoms with Crippen LogP contribution >= 0.6 is 11.8 Å². The van der Waals surface area contributed by atoms with Gasteiger partial charge in [0.2, 0.25) is 5.91 Å². The lowest BCUT2D eigenvalue weighted by molar-refractivity contribution is -0.136. The molecule has 0 aliphatic carbocycles. The summed E-state index contributed by atoms with van der Waals surface area (Å²) in [5.74, 6) is -0.0728. The van der Waals surface area contributed by atoms with Crippen LogP contribution in [0.2, 0.25) is 0 Å². The van der Waals surface area contributed by atoms with E-state index < -0.39 is 12.6 Å². The zero-order chi connectivity index (χ0) is 19.6. The van der Waals surface area contributed by atoms with Gasteiger partial charge in [0.05, 0.1) is 12.8 Å². The van der Waals surface area contributed by atoms with E-state index in [9.17, 15) is 18.4 Å². The summed E-state index contributed by atoms with van der Waals surface area (Å²) in [6.07, 6.45) is 0.00166. The number of anilines is 1. The smallest absolute Gasteiger partial charge is 0.387 e. The number of hydrogen-bond donors (Lipinski definition) is 2. The average molecular weight is 395 g/mol. The van der Waals surface area contributed by atoms with Crippen molar-refractivity contribution < 1.29 is 28.2 Å². The minimum atomic E-state index is -2.95. The van der Waals surface area contributed by atoms with Crippen LogP contribution < -0.4 is 10.1 Å². The summed E-state index contributed by atoms with van der Waals surface area (Å²) < 4.78 is 29.3. The van der Waals surface area contributed by atoms with E-state index in [0.717, 1.165) is 5.56 Å². The molecule has 0 radical (unpaired) electrons. The minimum absolute atomic E-state index is 0.0220. The van der Waals surface area contributed by atoms with Crippen molar-refractivity contribution in [2.24, 2.45) is 0 Å². The molecular weight excluding hydrogens is 376 g/mol. The van der Waals surface area contributed by atoms with Crippen molar-refractivity contribution in [1.82, 2.24) is 0 Å². The predicted molar refractivity (Wildman–Crippen MR) is 100 cm³/mol. The van der Waals surface area contributed by atoms with Crippen molar-refractivity contribution in [3.8, 4) is 5.75 Å². The minimum Gasteiger partial charge on any atom is -0.481 e. The first-order valence-electron chi connectivity index (χ1n) is 8.15. The number of thioether (sulfide) groups is 1. The number of rotatable bonds is 10. The van der Waals surface area contributed by atoms with E-state index in [2.05, 4.69) is 10.1 Å².